The molecular weight excluding hydrogens is 254 g/mol. The Labute approximate surface area is 121 Å². The molecule has 2 heterocycles. The lowest BCUT2D eigenvalue weighted by atomic mass is 9.85. The molecule has 1 N–H and O–H groups in total. The molecule has 114 valence electrons. The minimum Gasteiger partial charge on any atom is -0.344 e. The zero-order valence-electron chi connectivity index (χ0n) is 13.1. The minimum atomic E-state index is -0.412. The van der Waals surface area contributed by atoms with Crippen LogP contribution in [0.25, 0.3) is 0 Å². The molecule has 2 atom stereocenters. The van der Waals surface area contributed by atoms with E-state index in [4.69, 9.17) is 0 Å². The quantitative estimate of drug-likeness (QED) is 0.775. The molecule has 0 aliphatic carbocycles. The van der Waals surface area contributed by atoms with Crippen molar-refractivity contribution in [3.63, 3.8) is 0 Å². The Morgan fingerprint density at radius 1 is 1.20 bits per heavy atom. The Hall–Kier alpha value is -1.10. The average molecular weight is 281 g/mol. The van der Waals surface area contributed by atoms with Gasteiger partial charge in [0.1, 0.15) is 6.04 Å². The van der Waals surface area contributed by atoms with Gasteiger partial charge in [0.25, 0.3) is 0 Å². The van der Waals surface area contributed by atoms with Crippen LogP contribution in [-0.4, -0.2) is 60.4 Å². The second-order valence-corrected chi connectivity index (χ2v) is 7.21. The van der Waals surface area contributed by atoms with Crippen LogP contribution in [0.2, 0.25) is 0 Å². The van der Waals surface area contributed by atoms with Crippen LogP contribution < -0.4 is 5.32 Å². The largest absolute Gasteiger partial charge is 0.344 e. The smallest absolute Gasteiger partial charge is 0.245 e. The lowest BCUT2D eigenvalue weighted by Gasteiger charge is -2.40. The molecule has 0 spiro atoms. The van der Waals surface area contributed by atoms with Crippen molar-refractivity contribution in [3.05, 3.63) is 0 Å². The summed E-state index contributed by atoms with van der Waals surface area (Å²) in [6.07, 6.45) is 2.58. The highest BCUT2D eigenvalue weighted by Crippen LogP contribution is 2.25. The number of nitrogens with one attached hydrogen (secondary N) is 1. The summed E-state index contributed by atoms with van der Waals surface area (Å²) < 4.78 is 0. The lowest BCUT2D eigenvalue weighted by molar-refractivity contribution is -0.139. The van der Waals surface area contributed by atoms with Gasteiger partial charge in [-0.2, -0.15) is 0 Å². The van der Waals surface area contributed by atoms with Crippen molar-refractivity contribution >= 4 is 11.8 Å². The molecular formula is C15H27N3O2. The summed E-state index contributed by atoms with van der Waals surface area (Å²) in [7, 11) is 2.10. The molecule has 2 aliphatic heterocycles. The van der Waals surface area contributed by atoms with E-state index in [0.29, 0.717) is 13.0 Å². The maximum atomic E-state index is 12.8. The topological polar surface area (TPSA) is 52.6 Å². The number of rotatable bonds is 1. The molecule has 2 aliphatic rings. The fourth-order valence-corrected chi connectivity index (χ4v) is 3.14. The molecule has 0 aromatic heterocycles. The highest BCUT2D eigenvalue weighted by atomic mass is 16.2. The van der Waals surface area contributed by atoms with Crippen LogP contribution in [0.1, 0.15) is 40.0 Å². The molecule has 0 aromatic carbocycles. The van der Waals surface area contributed by atoms with Gasteiger partial charge in [-0.05, 0) is 31.8 Å². The number of piperidine rings is 1. The molecule has 0 saturated carbocycles. The van der Waals surface area contributed by atoms with Crippen LogP contribution in [0, 0.1) is 5.41 Å². The molecule has 0 radical (unpaired) electrons. The number of carbonyl (C=O) groups is 2. The Morgan fingerprint density at radius 2 is 1.90 bits per heavy atom. The molecule has 5 nitrogen and oxygen atoms in total. The van der Waals surface area contributed by atoms with E-state index >= 15 is 0 Å². The average Bonchev–Trinajstić information content (AvgIpc) is 2.49. The maximum Gasteiger partial charge on any atom is 0.245 e. The number of likely N-dealkylation sites (tertiary alicyclic amines) is 1. The maximum absolute atomic E-state index is 12.8. The van der Waals surface area contributed by atoms with Gasteiger partial charge in [-0.15, -0.1) is 0 Å². The third kappa shape index (κ3) is 3.32. The zero-order valence-corrected chi connectivity index (χ0v) is 13.1. The number of carbonyl (C=O) groups excluding carboxylic acids is 2. The van der Waals surface area contributed by atoms with Gasteiger partial charge < -0.3 is 15.1 Å². The first kappa shape index (κ1) is 15.3. The van der Waals surface area contributed by atoms with Crippen molar-refractivity contribution in [1.82, 2.24) is 15.1 Å². The molecule has 2 saturated heterocycles. The summed E-state index contributed by atoms with van der Waals surface area (Å²) in [4.78, 5) is 28.9. The third-order valence-corrected chi connectivity index (χ3v) is 4.32. The number of likely N-dealkylation sites (N-methyl/N-ethyl adjacent to an activating group) is 1. The summed E-state index contributed by atoms with van der Waals surface area (Å²) in [5.41, 5.74) is -0.254. The number of nitrogens with zero attached hydrogens (tertiary/aromatic N) is 2. The van der Waals surface area contributed by atoms with E-state index in [9.17, 15) is 9.59 Å². The van der Waals surface area contributed by atoms with Gasteiger partial charge in [0.05, 0.1) is 0 Å². The van der Waals surface area contributed by atoms with E-state index in [1.165, 1.54) is 0 Å². The van der Waals surface area contributed by atoms with Crippen LogP contribution in [-0.2, 0) is 9.59 Å². The number of hydrogen-bond acceptors (Lipinski definition) is 3. The predicted octanol–water partition coefficient (Wildman–Crippen LogP) is 0.844. The second-order valence-electron chi connectivity index (χ2n) is 7.21. The molecule has 2 amide bonds. The fraction of sp³-hybridized carbons (Fsp3) is 0.867. The van der Waals surface area contributed by atoms with Gasteiger partial charge in [-0.3, -0.25) is 9.59 Å². The summed E-state index contributed by atoms with van der Waals surface area (Å²) in [6, 6.07) is -0.163. The molecule has 2 fully saturated rings. The summed E-state index contributed by atoms with van der Waals surface area (Å²) in [6.45, 7) is 8.58. The van der Waals surface area contributed by atoms with E-state index < -0.39 is 6.04 Å². The van der Waals surface area contributed by atoms with Crippen molar-refractivity contribution < 1.29 is 9.59 Å². The van der Waals surface area contributed by atoms with Crippen molar-refractivity contribution in [2.24, 2.45) is 5.41 Å². The van der Waals surface area contributed by atoms with E-state index in [2.05, 4.69) is 17.3 Å². The lowest BCUT2D eigenvalue weighted by Crippen LogP contribution is -2.56. The second kappa shape index (κ2) is 5.72. The highest BCUT2D eigenvalue weighted by Gasteiger charge is 2.40. The van der Waals surface area contributed by atoms with E-state index in [1.54, 1.807) is 0 Å². The standard InChI is InChI=1S/C15H27N3O2/c1-15(2,3)13-14(20)18(9-7-12(19)16-13)11-6-5-8-17(4)10-11/h11,13H,5-10H2,1-4H3,(H,16,19). The zero-order chi connectivity index (χ0) is 14.9. The molecule has 2 rings (SSSR count). The predicted molar refractivity (Wildman–Crippen MR) is 78.2 cm³/mol. The van der Waals surface area contributed by atoms with Gasteiger partial charge in [-0.1, -0.05) is 20.8 Å². The third-order valence-electron chi connectivity index (χ3n) is 4.32. The Balaban J connectivity index is 2.19. The van der Waals surface area contributed by atoms with Gasteiger partial charge in [-0.25, -0.2) is 0 Å². The van der Waals surface area contributed by atoms with Crippen LogP contribution in [0.5, 0.6) is 0 Å². The van der Waals surface area contributed by atoms with E-state index in [0.717, 1.165) is 25.9 Å². The van der Waals surface area contributed by atoms with E-state index in [1.807, 2.05) is 25.7 Å². The minimum absolute atomic E-state index is 0.00932. The monoisotopic (exact) mass is 281 g/mol. The first-order chi connectivity index (χ1) is 9.29. The van der Waals surface area contributed by atoms with Crippen molar-refractivity contribution in [1.29, 1.82) is 0 Å². The van der Waals surface area contributed by atoms with Gasteiger partial charge >= 0.3 is 0 Å². The number of amides is 2. The van der Waals surface area contributed by atoms with Gasteiger partial charge in [0.15, 0.2) is 0 Å². The SMILES string of the molecule is CN1CCCC(N2CCC(=O)NC(C(C)(C)C)C2=O)C1. The van der Waals surface area contributed by atoms with Crippen molar-refractivity contribution in [2.75, 3.05) is 26.7 Å². The fourth-order valence-electron chi connectivity index (χ4n) is 3.14. The van der Waals surface area contributed by atoms with Crippen molar-refractivity contribution in [3.8, 4) is 0 Å². The highest BCUT2D eigenvalue weighted by molar-refractivity contribution is 5.90. The molecule has 2 unspecified atom stereocenters. The van der Waals surface area contributed by atoms with E-state index in [-0.39, 0.29) is 23.3 Å². The number of hydrogen-bond donors (Lipinski definition) is 1. The normalized spacial score (nSPS) is 30.1. The van der Waals surface area contributed by atoms with Crippen LogP contribution >= 0.6 is 0 Å². The first-order valence-electron chi connectivity index (χ1n) is 7.57. The van der Waals surface area contributed by atoms with Gasteiger partial charge in [0.2, 0.25) is 11.8 Å². The van der Waals surface area contributed by atoms with Crippen molar-refractivity contribution in [2.45, 2.75) is 52.1 Å². The molecule has 5 heteroatoms. The Morgan fingerprint density at radius 3 is 2.50 bits per heavy atom. The summed E-state index contributed by atoms with van der Waals surface area (Å²) in [5, 5.41) is 2.91. The van der Waals surface area contributed by atoms with Crippen LogP contribution in [0.4, 0.5) is 0 Å². The molecule has 0 bridgehead atoms. The van der Waals surface area contributed by atoms with Gasteiger partial charge in [0, 0.05) is 25.6 Å². The van der Waals surface area contributed by atoms with Crippen LogP contribution in [0.3, 0.4) is 0 Å². The molecule has 0 aromatic rings. The molecule has 20 heavy (non-hydrogen) atoms. The Bertz CT molecular complexity index is 389. The summed E-state index contributed by atoms with van der Waals surface area (Å²) >= 11 is 0. The summed E-state index contributed by atoms with van der Waals surface area (Å²) in [5.74, 6) is 0.0774. The Kier molecular flexibility index (Phi) is 4.37. The van der Waals surface area contributed by atoms with Crippen LogP contribution in [0.15, 0.2) is 0 Å². The first-order valence-corrected chi connectivity index (χ1v) is 7.57.